The molecule has 0 bridgehead atoms. The minimum Gasteiger partial charge on any atom is -0.208 e. The van der Waals surface area contributed by atoms with Crippen LogP contribution in [0, 0.1) is 17.7 Å². The quantitative estimate of drug-likeness (QED) is 0.886. The van der Waals surface area contributed by atoms with Crippen molar-refractivity contribution in [2.24, 2.45) is 11.8 Å². The fourth-order valence-corrected chi connectivity index (χ4v) is 4.70. The van der Waals surface area contributed by atoms with Crippen molar-refractivity contribution in [1.29, 1.82) is 0 Å². The number of sulfonamides is 1. The maximum absolute atomic E-state index is 13.8. The van der Waals surface area contributed by atoms with Gasteiger partial charge in [-0.2, -0.15) is 0 Å². The Hall–Kier alpha value is -0.460. The molecule has 20 heavy (non-hydrogen) atoms. The number of halogens is 2. The molecule has 0 spiro atoms. The van der Waals surface area contributed by atoms with E-state index in [1.807, 2.05) is 0 Å². The molecule has 0 aliphatic heterocycles. The number of nitrogens with one attached hydrogen (secondary N) is 1. The molecule has 1 aromatic carbocycles. The number of benzene rings is 1. The molecule has 3 atom stereocenters. The zero-order chi connectivity index (χ0) is 14.9. The van der Waals surface area contributed by atoms with E-state index in [0.717, 1.165) is 19.3 Å². The lowest BCUT2D eigenvalue weighted by Gasteiger charge is -2.21. The van der Waals surface area contributed by atoms with Crippen LogP contribution >= 0.6 is 15.9 Å². The zero-order valence-electron chi connectivity index (χ0n) is 11.6. The number of hydrogen-bond acceptors (Lipinski definition) is 2. The summed E-state index contributed by atoms with van der Waals surface area (Å²) < 4.78 is 41.6. The average Bonchev–Trinajstić information content (AvgIpc) is 2.69. The van der Waals surface area contributed by atoms with Crippen LogP contribution in [-0.4, -0.2) is 14.5 Å². The molecule has 1 aliphatic carbocycles. The zero-order valence-corrected chi connectivity index (χ0v) is 14.0. The molecular weight excluding hydrogens is 345 g/mol. The summed E-state index contributed by atoms with van der Waals surface area (Å²) in [6.45, 7) is 4.18. The summed E-state index contributed by atoms with van der Waals surface area (Å²) in [6.07, 6.45) is 2.89. The topological polar surface area (TPSA) is 46.2 Å². The van der Waals surface area contributed by atoms with Crippen molar-refractivity contribution in [2.45, 2.75) is 44.0 Å². The lowest BCUT2D eigenvalue weighted by molar-refractivity contribution is 0.368. The van der Waals surface area contributed by atoms with Crippen molar-refractivity contribution in [3.8, 4) is 0 Å². The van der Waals surface area contributed by atoms with Crippen LogP contribution in [-0.2, 0) is 10.0 Å². The van der Waals surface area contributed by atoms with Crippen LogP contribution < -0.4 is 4.72 Å². The smallest absolute Gasteiger partial charge is 0.208 e. The van der Waals surface area contributed by atoms with E-state index >= 15 is 0 Å². The highest BCUT2D eigenvalue weighted by atomic mass is 79.9. The number of hydrogen-bond donors (Lipinski definition) is 1. The van der Waals surface area contributed by atoms with Gasteiger partial charge in [0.2, 0.25) is 10.0 Å². The van der Waals surface area contributed by atoms with Crippen LogP contribution in [0.15, 0.2) is 27.6 Å². The second-order valence-corrected chi connectivity index (χ2v) is 8.01. The Labute approximate surface area is 128 Å². The standard InChI is InChI=1S/C14H19BrFNO2S/c1-3-10-4-6-13(9(10)2)17-20(18,19)14-7-5-11(15)8-12(14)16/h5,7-10,13,17H,3-4,6H2,1-2H3. The minimum atomic E-state index is -3.80. The van der Waals surface area contributed by atoms with E-state index < -0.39 is 15.8 Å². The molecule has 1 N–H and O–H groups in total. The van der Waals surface area contributed by atoms with Crippen molar-refractivity contribution in [3.63, 3.8) is 0 Å². The molecule has 1 aromatic rings. The lowest BCUT2D eigenvalue weighted by Crippen LogP contribution is -2.37. The van der Waals surface area contributed by atoms with Gasteiger partial charge in [0.05, 0.1) is 0 Å². The summed E-state index contributed by atoms with van der Waals surface area (Å²) in [6, 6.07) is 3.89. The van der Waals surface area contributed by atoms with Gasteiger partial charge in [0.15, 0.2) is 0 Å². The molecule has 0 saturated heterocycles. The van der Waals surface area contributed by atoms with Gasteiger partial charge in [-0.05, 0) is 42.9 Å². The second-order valence-electron chi connectivity index (χ2n) is 5.41. The van der Waals surface area contributed by atoms with Crippen LogP contribution in [0.25, 0.3) is 0 Å². The Balaban J connectivity index is 2.20. The van der Waals surface area contributed by atoms with Crippen LogP contribution in [0.3, 0.4) is 0 Å². The SMILES string of the molecule is CCC1CCC(NS(=O)(=O)c2ccc(Br)cc2F)C1C. The van der Waals surface area contributed by atoms with E-state index in [9.17, 15) is 12.8 Å². The highest BCUT2D eigenvalue weighted by Gasteiger charge is 2.35. The molecule has 0 heterocycles. The Kier molecular flexibility index (Phi) is 4.87. The molecule has 6 heteroatoms. The largest absolute Gasteiger partial charge is 0.243 e. The first-order chi connectivity index (χ1) is 9.35. The second kappa shape index (κ2) is 6.12. The molecule has 1 aliphatic rings. The molecule has 0 aromatic heterocycles. The van der Waals surface area contributed by atoms with E-state index in [1.54, 1.807) is 0 Å². The first-order valence-electron chi connectivity index (χ1n) is 6.82. The maximum atomic E-state index is 13.8. The summed E-state index contributed by atoms with van der Waals surface area (Å²) in [5.74, 6) is 0.0929. The fraction of sp³-hybridized carbons (Fsp3) is 0.571. The van der Waals surface area contributed by atoms with Gasteiger partial charge in [0.1, 0.15) is 10.7 Å². The monoisotopic (exact) mass is 363 g/mol. The van der Waals surface area contributed by atoms with Crippen molar-refractivity contribution >= 4 is 26.0 Å². The first kappa shape index (κ1) is 15.9. The molecule has 0 amide bonds. The summed E-state index contributed by atoms with van der Waals surface area (Å²) in [4.78, 5) is -0.284. The molecule has 1 fully saturated rings. The van der Waals surface area contributed by atoms with Gasteiger partial charge >= 0.3 is 0 Å². The van der Waals surface area contributed by atoms with Gasteiger partial charge in [-0.3, -0.25) is 0 Å². The van der Waals surface area contributed by atoms with Crippen LogP contribution in [0.5, 0.6) is 0 Å². The van der Waals surface area contributed by atoms with Crippen molar-refractivity contribution in [3.05, 3.63) is 28.5 Å². The molecule has 3 unspecified atom stereocenters. The van der Waals surface area contributed by atoms with E-state index in [4.69, 9.17) is 0 Å². The molecular formula is C14H19BrFNO2S. The van der Waals surface area contributed by atoms with Crippen molar-refractivity contribution < 1.29 is 12.8 Å². The van der Waals surface area contributed by atoms with E-state index in [0.29, 0.717) is 10.4 Å². The fourth-order valence-electron chi connectivity index (χ4n) is 2.95. The first-order valence-corrected chi connectivity index (χ1v) is 9.10. The third-order valence-electron chi connectivity index (χ3n) is 4.24. The maximum Gasteiger partial charge on any atom is 0.243 e. The van der Waals surface area contributed by atoms with Gasteiger partial charge in [-0.1, -0.05) is 36.2 Å². The van der Waals surface area contributed by atoms with Gasteiger partial charge in [-0.15, -0.1) is 0 Å². The normalized spacial score (nSPS) is 26.9. The molecule has 2 rings (SSSR count). The lowest BCUT2D eigenvalue weighted by atomic mass is 9.94. The van der Waals surface area contributed by atoms with Crippen molar-refractivity contribution in [1.82, 2.24) is 4.72 Å². The van der Waals surface area contributed by atoms with Crippen LogP contribution in [0.2, 0.25) is 0 Å². The van der Waals surface area contributed by atoms with Gasteiger partial charge in [-0.25, -0.2) is 17.5 Å². The van der Waals surface area contributed by atoms with E-state index in [-0.39, 0.29) is 16.9 Å². The Morgan fingerprint density at radius 2 is 2.10 bits per heavy atom. The van der Waals surface area contributed by atoms with Crippen LogP contribution in [0.1, 0.15) is 33.1 Å². The van der Waals surface area contributed by atoms with Gasteiger partial charge in [0.25, 0.3) is 0 Å². The molecule has 112 valence electrons. The Morgan fingerprint density at radius 1 is 1.40 bits per heavy atom. The number of rotatable bonds is 4. The highest BCUT2D eigenvalue weighted by molar-refractivity contribution is 9.10. The van der Waals surface area contributed by atoms with Crippen molar-refractivity contribution in [2.75, 3.05) is 0 Å². The Morgan fingerprint density at radius 3 is 2.65 bits per heavy atom. The predicted octanol–water partition coefficient (Wildman–Crippen LogP) is 3.69. The Bertz CT molecular complexity index is 591. The summed E-state index contributed by atoms with van der Waals surface area (Å²) in [7, 11) is -3.80. The van der Waals surface area contributed by atoms with Gasteiger partial charge in [0, 0.05) is 10.5 Å². The summed E-state index contributed by atoms with van der Waals surface area (Å²) >= 11 is 3.12. The predicted molar refractivity (Wildman–Crippen MR) is 80.4 cm³/mol. The van der Waals surface area contributed by atoms with Crippen LogP contribution in [0.4, 0.5) is 4.39 Å². The summed E-state index contributed by atoms with van der Waals surface area (Å²) in [5.41, 5.74) is 0. The summed E-state index contributed by atoms with van der Waals surface area (Å²) in [5, 5.41) is 0. The minimum absolute atomic E-state index is 0.104. The molecule has 0 radical (unpaired) electrons. The van der Waals surface area contributed by atoms with Gasteiger partial charge < -0.3 is 0 Å². The third kappa shape index (κ3) is 3.23. The highest BCUT2D eigenvalue weighted by Crippen LogP contribution is 2.34. The average molecular weight is 364 g/mol. The molecule has 1 saturated carbocycles. The third-order valence-corrected chi connectivity index (χ3v) is 6.26. The van der Waals surface area contributed by atoms with E-state index in [1.165, 1.54) is 18.2 Å². The molecule has 3 nitrogen and oxygen atoms in total. The van der Waals surface area contributed by atoms with E-state index in [2.05, 4.69) is 34.5 Å².